The Balaban J connectivity index is 1.47. The van der Waals surface area contributed by atoms with Gasteiger partial charge in [0.05, 0.1) is 11.4 Å². The van der Waals surface area contributed by atoms with Crippen LogP contribution in [0, 0.1) is 5.82 Å². The molecule has 156 valence electrons. The maximum Gasteiger partial charge on any atom is 0.293 e. The van der Waals surface area contributed by atoms with Crippen LogP contribution in [0.5, 0.6) is 0 Å². The molecular formula is C19H15BrFN3O5S. The van der Waals surface area contributed by atoms with Gasteiger partial charge in [0.25, 0.3) is 17.1 Å². The third-order valence-electron chi connectivity index (χ3n) is 3.93. The van der Waals surface area contributed by atoms with Crippen molar-refractivity contribution in [1.82, 2.24) is 15.5 Å². The molecular weight excluding hydrogens is 481 g/mol. The average molecular weight is 496 g/mol. The number of nitrogens with one attached hydrogen (secondary N) is 2. The molecule has 0 unspecified atom stereocenters. The van der Waals surface area contributed by atoms with Crippen LogP contribution in [-0.4, -0.2) is 47.5 Å². The first-order valence-corrected chi connectivity index (χ1v) is 10.3. The van der Waals surface area contributed by atoms with Gasteiger partial charge in [-0.15, -0.1) is 0 Å². The number of furan rings is 1. The van der Waals surface area contributed by atoms with Crippen LogP contribution in [-0.2, 0) is 9.59 Å². The van der Waals surface area contributed by atoms with Crippen LogP contribution in [0.4, 0.5) is 9.18 Å². The number of hydrogen-bond donors (Lipinski definition) is 2. The molecule has 2 aromatic rings. The molecule has 1 aromatic heterocycles. The summed E-state index contributed by atoms with van der Waals surface area (Å²) in [7, 11) is 0. The first-order valence-electron chi connectivity index (χ1n) is 8.65. The number of carbonyl (C=O) groups excluding carboxylic acids is 4. The monoisotopic (exact) mass is 495 g/mol. The molecule has 8 nitrogen and oxygen atoms in total. The second-order valence-corrected chi connectivity index (χ2v) is 7.77. The van der Waals surface area contributed by atoms with Crippen molar-refractivity contribution >= 4 is 56.7 Å². The van der Waals surface area contributed by atoms with E-state index in [2.05, 4.69) is 26.6 Å². The van der Waals surface area contributed by atoms with Crippen molar-refractivity contribution in [2.45, 2.75) is 0 Å². The quantitative estimate of drug-likeness (QED) is 0.571. The van der Waals surface area contributed by atoms with Crippen LogP contribution >= 0.6 is 27.7 Å². The predicted octanol–water partition coefficient (Wildman–Crippen LogP) is 2.76. The van der Waals surface area contributed by atoms with Crippen LogP contribution in [0.1, 0.15) is 16.1 Å². The van der Waals surface area contributed by atoms with E-state index >= 15 is 0 Å². The van der Waals surface area contributed by atoms with Crippen LogP contribution in [0.25, 0.3) is 6.08 Å². The maximum absolute atomic E-state index is 13.7. The summed E-state index contributed by atoms with van der Waals surface area (Å²) >= 11 is 3.78. The molecule has 3 rings (SSSR count). The fraction of sp³-hybridized carbons (Fsp3) is 0.158. The van der Waals surface area contributed by atoms with E-state index in [1.807, 2.05) is 0 Å². The summed E-state index contributed by atoms with van der Waals surface area (Å²) in [5.74, 6) is -2.06. The average Bonchev–Trinajstić information content (AvgIpc) is 3.26. The van der Waals surface area contributed by atoms with E-state index in [9.17, 15) is 23.6 Å². The predicted molar refractivity (Wildman–Crippen MR) is 111 cm³/mol. The lowest BCUT2D eigenvalue weighted by Crippen LogP contribution is -2.41. The van der Waals surface area contributed by atoms with Crippen LogP contribution in [0.2, 0.25) is 0 Å². The van der Waals surface area contributed by atoms with Gasteiger partial charge < -0.3 is 15.1 Å². The molecule has 0 atom stereocenters. The number of carbonyl (C=O) groups is 4. The van der Waals surface area contributed by atoms with E-state index in [0.717, 1.165) is 4.90 Å². The first kappa shape index (κ1) is 21.8. The second-order valence-electron chi connectivity index (χ2n) is 5.99. The van der Waals surface area contributed by atoms with E-state index in [1.54, 1.807) is 12.1 Å². The molecule has 1 saturated heterocycles. The SMILES string of the molecule is O=C(CNC(=O)c1ccc(Br)o1)NCCN1C(=O)S/C(=C\c2ccccc2F)C1=O. The normalized spacial score (nSPS) is 15.0. The number of thioether (sulfide) groups is 1. The zero-order valence-electron chi connectivity index (χ0n) is 15.3. The van der Waals surface area contributed by atoms with E-state index < -0.39 is 28.8 Å². The topological polar surface area (TPSA) is 109 Å². The molecule has 1 aliphatic heterocycles. The zero-order valence-corrected chi connectivity index (χ0v) is 17.7. The van der Waals surface area contributed by atoms with E-state index in [-0.39, 0.29) is 35.9 Å². The van der Waals surface area contributed by atoms with Crippen molar-refractivity contribution in [3.8, 4) is 0 Å². The molecule has 0 radical (unpaired) electrons. The van der Waals surface area contributed by atoms with Gasteiger partial charge in [-0.25, -0.2) is 4.39 Å². The Labute approximate surface area is 183 Å². The fourth-order valence-corrected chi connectivity index (χ4v) is 3.64. The highest BCUT2D eigenvalue weighted by Crippen LogP contribution is 2.32. The highest BCUT2D eigenvalue weighted by Gasteiger charge is 2.34. The molecule has 2 N–H and O–H groups in total. The van der Waals surface area contributed by atoms with Gasteiger partial charge >= 0.3 is 0 Å². The van der Waals surface area contributed by atoms with Crippen molar-refractivity contribution < 1.29 is 28.0 Å². The molecule has 0 spiro atoms. The number of rotatable bonds is 7. The highest BCUT2D eigenvalue weighted by atomic mass is 79.9. The molecule has 30 heavy (non-hydrogen) atoms. The molecule has 1 aliphatic rings. The molecule has 0 bridgehead atoms. The largest absolute Gasteiger partial charge is 0.444 e. The van der Waals surface area contributed by atoms with E-state index in [1.165, 1.54) is 30.3 Å². The van der Waals surface area contributed by atoms with Gasteiger partial charge in [-0.3, -0.25) is 24.1 Å². The Morgan fingerprint density at radius 2 is 1.93 bits per heavy atom. The van der Waals surface area contributed by atoms with Crippen molar-refractivity contribution in [1.29, 1.82) is 0 Å². The van der Waals surface area contributed by atoms with Gasteiger partial charge in [-0.1, -0.05) is 18.2 Å². The third-order valence-corrected chi connectivity index (χ3v) is 5.26. The van der Waals surface area contributed by atoms with Crippen LogP contribution in [0.15, 0.2) is 50.4 Å². The Morgan fingerprint density at radius 3 is 2.63 bits per heavy atom. The minimum Gasteiger partial charge on any atom is -0.444 e. The van der Waals surface area contributed by atoms with Gasteiger partial charge in [0.1, 0.15) is 5.82 Å². The number of amides is 4. The summed E-state index contributed by atoms with van der Waals surface area (Å²) in [5, 5.41) is 4.39. The molecule has 0 saturated carbocycles. The van der Waals surface area contributed by atoms with Crippen LogP contribution in [0.3, 0.4) is 0 Å². The van der Waals surface area contributed by atoms with Gasteiger partial charge in [0, 0.05) is 18.7 Å². The number of hydrogen-bond acceptors (Lipinski definition) is 6. The van der Waals surface area contributed by atoms with Crippen molar-refractivity contribution in [2.75, 3.05) is 19.6 Å². The number of nitrogens with zero attached hydrogens (tertiary/aromatic N) is 1. The molecule has 1 fully saturated rings. The van der Waals surface area contributed by atoms with Crippen molar-refractivity contribution in [3.05, 3.63) is 63.1 Å². The summed E-state index contributed by atoms with van der Waals surface area (Å²) in [6.07, 6.45) is 1.32. The number of benzene rings is 1. The Hall–Kier alpha value is -2.92. The molecule has 2 heterocycles. The molecule has 0 aliphatic carbocycles. The lowest BCUT2D eigenvalue weighted by molar-refractivity contribution is -0.124. The Kier molecular flexibility index (Phi) is 7.06. The summed E-state index contributed by atoms with van der Waals surface area (Å²) < 4.78 is 19.2. The summed E-state index contributed by atoms with van der Waals surface area (Å²) in [6, 6.07) is 8.90. The fourth-order valence-electron chi connectivity index (χ4n) is 2.48. The van der Waals surface area contributed by atoms with Gasteiger partial charge in [-0.05, 0) is 52.0 Å². The summed E-state index contributed by atoms with van der Waals surface area (Å²) in [5.41, 5.74) is 0.204. The zero-order chi connectivity index (χ0) is 21.7. The lowest BCUT2D eigenvalue weighted by Gasteiger charge is -2.13. The Morgan fingerprint density at radius 1 is 1.17 bits per heavy atom. The number of imide groups is 1. The summed E-state index contributed by atoms with van der Waals surface area (Å²) in [4.78, 5) is 49.2. The van der Waals surface area contributed by atoms with Crippen molar-refractivity contribution in [2.24, 2.45) is 0 Å². The third kappa shape index (κ3) is 5.36. The highest BCUT2D eigenvalue weighted by molar-refractivity contribution is 9.10. The lowest BCUT2D eigenvalue weighted by atomic mass is 10.2. The van der Waals surface area contributed by atoms with Gasteiger partial charge in [-0.2, -0.15) is 0 Å². The molecule has 11 heteroatoms. The van der Waals surface area contributed by atoms with E-state index in [0.29, 0.717) is 16.4 Å². The minimum atomic E-state index is -0.556. The second kappa shape index (κ2) is 9.72. The standard InChI is InChI=1S/C19H15BrFN3O5S/c20-15-6-5-13(29-15)17(26)23-10-16(25)22-7-8-24-18(27)14(30-19(24)28)9-11-3-1-2-4-12(11)21/h1-6,9H,7-8,10H2,(H,22,25)(H,23,26)/b14-9-. The minimum absolute atomic E-state index is 0.00597. The van der Waals surface area contributed by atoms with E-state index in [4.69, 9.17) is 4.42 Å². The first-order chi connectivity index (χ1) is 14.3. The van der Waals surface area contributed by atoms with Crippen LogP contribution < -0.4 is 10.6 Å². The smallest absolute Gasteiger partial charge is 0.293 e. The Bertz CT molecular complexity index is 1040. The van der Waals surface area contributed by atoms with Gasteiger partial charge in [0.15, 0.2) is 10.4 Å². The van der Waals surface area contributed by atoms with Crippen molar-refractivity contribution in [3.63, 3.8) is 0 Å². The maximum atomic E-state index is 13.7. The molecule has 4 amide bonds. The summed E-state index contributed by atoms with van der Waals surface area (Å²) in [6.45, 7) is -0.345. The van der Waals surface area contributed by atoms with Gasteiger partial charge in [0.2, 0.25) is 5.91 Å². The number of halogens is 2. The molecule has 1 aromatic carbocycles.